The number of amides is 2. The third-order valence-electron chi connectivity index (χ3n) is 5.86. The third-order valence-corrected chi connectivity index (χ3v) is 5.86. The fourth-order valence-corrected chi connectivity index (χ4v) is 3.90. The van der Waals surface area contributed by atoms with Crippen molar-refractivity contribution in [1.82, 2.24) is 5.32 Å². The van der Waals surface area contributed by atoms with Crippen molar-refractivity contribution >= 4 is 23.5 Å². The van der Waals surface area contributed by atoms with Gasteiger partial charge in [0.25, 0.3) is 0 Å². The molecule has 1 aliphatic heterocycles. The van der Waals surface area contributed by atoms with Crippen LogP contribution in [0.3, 0.4) is 0 Å². The number of anilines is 1. The zero-order valence-electron chi connectivity index (χ0n) is 18.2. The molecular formula is C21H27F4N3O5. The fraction of sp³-hybridized carbons (Fsp3) is 0.571. The average Bonchev–Trinajstić information content (AvgIpc) is 2.70. The van der Waals surface area contributed by atoms with Crippen LogP contribution in [0.25, 0.3) is 0 Å². The highest BCUT2D eigenvalue weighted by molar-refractivity contribution is 6.00. The third kappa shape index (κ3) is 6.41. The highest BCUT2D eigenvalue weighted by atomic mass is 19.4. The number of alkyl halides is 3. The number of halogens is 4. The number of rotatable bonds is 5. The van der Waals surface area contributed by atoms with Crippen LogP contribution < -0.4 is 16.0 Å². The zero-order valence-corrected chi connectivity index (χ0v) is 18.2. The van der Waals surface area contributed by atoms with Gasteiger partial charge in [-0.15, -0.1) is 0 Å². The van der Waals surface area contributed by atoms with Gasteiger partial charge in [-0.25, -0.2) is 9.18 Å². The largest absolute Gasteiger partial charge is 0.490 e. The molecule has 1 saturated carbocycles. The number of hydrogen-bond acceptors (Lipinski definition) is 5. The first-order valence-corrected chi connectivity index (χ1v) is 10.3. The van der Waals surface area contributed by atoms with Crippen LogP contribution in [0.4, 0.5) is 23.2 Å². The summed E-state index contributed by atoms with van der Waals surface area (Å²) in [5.74, 6) is -3.52. The number of nitrogens with zero attached hydrogens (tertiary/aromatic N) is 1. The van der Waals surface area contributed by atoms with Crippen LogP contribution in [0.5, 0.6) is 0 Å². The first-order valence-electron chi connectivity index (χ1n) is 10.3. The topological polar surface area (TPSA) is 122 Å². The van der Waals surface area contributed by atoms with E-state index in [1.165, 1.54) is 12.1 Å². The molecule has 1 atom stereocenters. The molecule has 0 radical (unpaired) electrons. The Morgan fingerprint density at radius 2 is 1.94 bits per heavy atom. The van der Waals surface area contributed by atoms with E-state index in [0.717, 1.165) is 6.42 Å². The number of hydrogen-bond donors (Lipinski definition) is 3. The van der Waals surface area contributed by atoms with Crippen molar-refractivity contribution in [1.29, 1.82) is 0 Å². The Balaban J connectivity index is 0.000000479. The van der Waals surface area contributed by atoms with Gasteiger partial charge >= 0.3 is 12.1 Å². The van der Waals surface area contributed by atoms with Crippen LogP contribution >= 0.6 is 0 Å². The molecule has 12 heteroatoms. The second-order valence-electron chi connectivity index (χ2n) is 8.12. The minimum absolute atomic E-state index is 0.123. The molecule has 184 valence electrons. The minimum Gasteiger partial charge on any atom is -0.475 e. The number of aryl methyl sites for hydroxylation is 1. The molecule has 3 rings (SSSR count). The van der Waals surface area contributed by atoms with Crippen LogP contribution in [0.15, 0.2) is 18.2 Å². The second-order valence-corrected chi connectivity index (χ2v) is 8.12. The predicted molar refractivity (Wildman–Crippen MR) is 110 cm³/mol. The molecular weight excluding hydrogens is 450 g/mol. The van der Waals surface area contributed by atoms with E-state index < -0.39 is 23.8 Å². The maximum atomic E-state index is 13.3. The Hall–Kier alpha value is -2.73. The van der Waals surface area contributed by atoms with Crippen LogP contribution in [0, 0.1) is 18.7 Å². The summed E-state index contributed by atoms with van der Waals surface area (Å²) in [5, 5.41) is 10.0. The molecule has 8 nitrogen and oxygen atoms in total. The molecule has 1 aromatic carbocycles. The van der Waals surface area contributed by atoms with Crippen LogP contribution in [-0.4, -0.2) is 60.9 Å². The summed E-state index contributed by atoms with van der Waals surface area (Å²) in [6.45, 7) is 2.73. The molecule has 1 saturated heterocycles. The SMILES string of the molecule is COC1(CN)CC(C(=O)NC2CCCN(c3ccc(F)cc3C)C2=O)C1.O=C(O)C(F)(F)F. The van der Waals surface area contributed by atoms with Gasteiger partial charge in [0.05, 0.1) is 5.60 Å². The number of carboxylic acid groups (broad SMARTS) is 1. The Labute approximate surface area is 188 Å². The predicted octanol–water partition coefficient (Wildman–Crippen LogP) is 2.13. The number of methoxy groups -OCH3 is 1. The summed E-state index contributed by atoms with van der Waals surface area (Å²) in [6, 6.07) is 3.84. The van der Waals surface area contributed by atoms with Crippen molar-refractivity contribution in [2.45, 2.75) is 50.4 Å². The van der Waals surface area contributed by atoms with Crippen molar-refractivity contribution in [3.63, 3.8) is 0 Å². The Bertz CT molecular complexity index is 881. The molecule has 1 aromatic rings. The van der Waals surface area contributed by atoms with Crippen molar-refractivity contribution < 1.29 is 41.8 Å². The van der Waals surface area contributed by atoms with Gasteiger partial charge in [0.1, 0.15) is 11.9 Å². The standard InChI is InChI=1S/C19H26FN3O3.C2HF3O2/c1-12-8-14(20)5-6-16(12)23-7-3-4-15(18(23)25)22-17(24)13-9-19(10-13,11-21)26-2;3-2(4,5)1(6)7/h5-6,8,13,15H,3-4,7,9-11,21H2,1-2H3,(H,22,24);(H,6,7). The highest BCUT2D eigenvalue weighted by Gasteiger charge is 2.47. The molecule has 2 aliphatic rings. The van der Waals surface area contributed by atoms with Crippen molar-refractivity contribution in [3.05, 3.63) is 29.6 Å². The fourth-order valence-electron chi connectivity index (χ4n) is 3.90. The van der Waals surface area contributed by atoms with Crippen molar-refractivity contribution in [2.24, 2.45) is 11.7 Å². The van der Waals surface area contributed by atoms with E-state index in [9.17, 15) is 27.2 Å². The summed E-state index contributed by atoms with van der Waals surface area (Å²) >= 11 is 0. The number of nitrogens with one attached hydrogen (secondary N) is 1. The lowest BCUT2D eigenvalue weighted by atomic mass is 9.70. The van der Waals surface area contributed by atoms with Gasteiger partial charge in [-0.2, -0.15) is 13.2 Å². The minimum atomic E-state index is -5.08. The van der Waals surface area contributed by atoms with E-state index in [1.807, 2.05) is 0 Å². The van der Waals surface area contributed by atoms with E-state index >= 15 is 0 Å². The second kappa shape index (κ2) is 10.5. The average molecular weight is 477 g/mol. The highest BCUT2D eigenvalue weighted by Crippen LogP contribution is 2.40. The number of nitrogens with two attached hydrogens (primary N) is 1. The normalized spacial score (nSPS) is 24.9. The Morgan fingerprint density at radius 1 is 1.33 bits per heavy atom. The first kappa shape index (κ1) is 26.5. The number of carboxylic acids is 1. The van der Waals surface area contributed by atoms with Gasteiger partial charge in [-0.1, -0.05) is 0 Å². The molecule has 0 bridgehead atoms. The smallest absolute Gasteiger partial charge is 0.475 e. The zero-order chi connectivity index (χ0) is 25.0. The summed E-state index contributed by atoms with van der Waals surface area (Å²) in [5.41, 5.74) is 6.70. The number of carbonyl (C=O) groups excluding carboxylic acids is 2. The first-order chi connectivity index (χ1) is 15.3. The summed E-state index contributed by atoms with van der Waals surface area (Å²) in [4.78, 5) is 35.9. The van der Waals surface area contributed by atoms with Gasteiger partial charge in [0.2, 0.25) is 11.8 Å². The maximum Gasteiger partial charge on any atom is 0.490 e. The monoisotopic (exact) mass is 477 g/mol. The number of aliphatic carboxylic acids is 1. The quantitative estimate of drug-likeness (QED) is 0.559. The Morgan fingerprint density at radius 3 is 2.42 bits per heavy atom. The molecule has 33 heavy (non-hydrogen) atoms. The lowest BCUT2D eigenvalue weighted by Gasteiger charge is -2.45. The number of benzene rings is 1. The summed E-state index contributed by atoms with van der Waals surface area (Å²) in [6.07, 6.45) is -2.54. The summed E-state index contributed by atoms with van der Waals surface area (Å²) in [7, 11) is 1.61. The molecule has 1 heterocycles. The van der Waals surface area contributed by atoms with Gasteiger partial charge in [-0.3, -0.25) is 9.59 Å². The lowest BCUT2D eigenvalue weighted by molar-refractivity contribution is -0.192. The number of carbonyl (C=O) groups is 3. The van der Waals surface area contributed by atoms with Gasteiger partial charge in [0, 0.05) is 31.8 Å². The van der Waals surface area contributed by atoms with E-state index in [1.54, 1.807) is 25.0 Å². The van der Waals surface area contributed by atoms with Crippen LogP contribution in [-0.2, 0) is 19.1 Å². The summed E-state index contributed by atoms with van der Waals surface area (Å²) < 4.78 is 50.5. The number of piperidine rings is 1. The molecule has 0 spiro atoms. The molecule has 4 N–H and O–H groups in total. The molecule has 1 unspecified atom stereocenters. The molecule has 0 aromatic heterocycles. The van der Waals surface area contributed by atoms with Crippen molar-refractivity contribution in [3.8, 4) is 0 Å². The van der Waals surface area contributed by atoms with Crippen LogP contribution in [0.1, 0.15) is 31.2 Å². The number of ether oxygens (including phenoxy) is 1. The molecule has 2 amide bonds. The van der Waals surface area contributed by atoms with E-state index in [-0.39, 0.29) is 23.5 Å². The van der Waals surface area contributed by atoms with Gasteiger partial charge in [0.15, 0.2) is 0 Å². The van der Waals surface area contributed by atoms with Crippen molar-refractivity contribution in [2.75, 3.05) is 25.1 Å². The van der Waals surface area contributed by atoms with Gasteiger partial charge in [-0.05, 0) is 56.4 Å². The van der Waals surface area contributed by atoms with Crippen LogP contribution in [0.2, 0.25) is 0 Å². The maximum absolute atomic E-state index is 13.3. The van der Waals surface area contributed by atoms with Gasteiger partial charge < -0.3 is 25.8 Å². The van der Waals surface area contributed by atoms with E-state index in [2.05, 4.69) is 5.32 Å². The lowest BCUT2D eigenvalue weighted by Crippen LogP contribution is -2.59. The Kier molecular flexibility index (Phi) is 8.41. The molecule has 2 fully saturated rings. The molecule has 1 aliphatic carbocycles. The van der Waals surface area contributed by atoms with E-state index in [0.29, 0.717) is 43.6 Å². The van der Waals surface area contributed by atoms with E-state index in [4.69, 9.17) is 20.4 Å².